The van der Waals surface area contributed by atoms with Crippen molar-refractivity contribution in [2.24, 2.45) is 0 Å². The summed E-state index contributed by atoms with van der Waals surface area (Å²) in [5, 5.41) is 2.83. The third kappa shape index (κ3) is 7.06. The first kappa shape index (κ1) is 13.6. The van der Waals surface area contributed by atoms with Crippen LogP contribution in [-0.4, -0.2) is 29.2 Å². The van der Waals surface area contributed by atoms with Crippen molar-refractivity contribution in [1.82, 2.24) is 5.32 Å². The highest BCUT2D eigenvalue weighted by Gasteiger charge is 2.23. The first-order valence-electron chi connectivity index (χ1n) is 4.66. The van der Waals surface area contributed by atoms with Crippen LogP contribution in [0.5, 0.6) is 0 Å². The number of amides is 1. The number of thioether (sulfide) groups is 1. The van der Waals surface area contributed by atoms with Gasteiger partial charge in [-0.1, -0.05) is 0 Å². The summed E-state index contributed by atoms with van der Waals surface area (Å²) in [6, 6.07) is 0. The van der Waals surface area contributed by atoms with Crippen LogP contribution in [0.3, 0.4) is 0 Å². The van der Waals surface area contributed by atoms with E-state index in [0.29, 0.717) is 0 Å². The number of carbonyl (C=O) groups excluding carboxylic acids is 1. The Morgan fingerprint density at radius 2 is 1.79 bits per heavy atom. The van der Waals surface area contributed by atoms with Crippen molar-refractivity contribution in [3.63, 3.8) is 0 Å². The van der Waals surface area contributed by atoms with Gasteiger partial charge in [-0.05, 0) is 40.9 Å². The molecule has 0 fully saturated rings. The minimum atomic E-state index is -0.431. The zero-order valence-electron chi connectivity index (χ0n) is 9.93. The average molecular weight is 219 g/mol. The largest absolute Gasteiger partial charge is 0.444 e. The summed E-state index contributed by atoms with van der Waals surface area (Å²) in [4.78, 5) is 11.4. The highest BCUT2D eigenvalue weighted by Crippen LogP contribution is 2.12. The molecule has 0 aliphatic rings. The Morgan fingerprint density at radius 1 is 1.29 bits per heavy atom. The fourth-order valence-electron chi connectivity index (χ4n) is 0.977. The fourth-order valence-corrected chi connectivity index (χ4v) is 1.77. The van der Waals surface area contributed by atoms with Crippen molar-refractivity contribution in [3.8, 4) is 0 Å². The highest BCUT2D eigenvalue weighted by molar-refractivity contribution is 7.98. The van der Waals surface area contributed by atoms with Gasteiger partial charge in [-0.3, -0.25) is 0 Å². The van der Waals surface area contributed by atoms with E-state index in [-0.39, 0.29) is 11.6 Å². The lowest BCUT2D eigenvalue weighted by atomic mass is 10.1. The Bertz CT molecular complexity index is 197. The molecule has 4 heteroatoms. The van der Waals surface area contributed by atoms with Gasteiger partial charge in [-0.2, -0.15) is 11.8 Å². The van der Waals surface area contributed by atoms with E-state index in [1.807, 2.05) is 40.9 Å². The maximum Gasteiger partial charge on any atom is 0.408 e. The van der Waals surface area contributed by atoms with Crippen LogP contribution in [0.25, 0.3) is 0 Å². The third-order valence-corrected chi connectivity index (χ3v) is 2.35. The molecular weight excluding hydrogens is 198 g/mol. The second-order valence-electron chi connectivity index (χ2n) is 4.94. The Kier molecular flexibility index (Phi) is 4.78. The van der Waals surface area contributed by atoms with E-state index in [4.69, 9.17) is 4.74 Å². The number of ether oxygens (including phenoxy) is 1. The highest BCUT2D eigenvalue weighted by atomic mass is 32.2. The maximum absolute atomic E-state index is 11.4. The standard InChI is InChI=1S/C10H21NO2S/c1-9(2,3)13-8(12)11-10(4,5)7-14-6/h7H2,1-6H3,(H,11,12). The van der Waals surface area contributed by atoms with E-state index >= 15 is 0 Å². The molecule has 0 aromatic heterocycles. The molecular formula is C10H21NO2S. The molecule has 0 heterocycles. The fraction of sp³-hybridized carbons (Fsp3) is 0.900. The molecule has 1 N–H and O–H groups in total. The number of alkyl carbamates (subject to hydrolysis) is 1. The summed E-state index contributed by atoms with van der Waals surface area (Å²) in [6.07, 6.45) is 1.66. The monoisotopic (exact) mass is 219 g/mol. The molecule has 0 unspecified atom stereocenters. The lowest BCUT2D eigenvalue weighted by Gasteiger charge is -2.27. The van der Waals surface area contributed by atoms with Crippen molar-refractivity contribution in [2.45, 2.75) is 45.8 Å². The van der Waals surface area contributed by atoms with Gasteiger partial charge < -0.3 is 10.1 Å². The topological polar surface area (TPSA) is 38.3 Å². The predicted octanol–water partition coefficient (Wildman–Crippen LogP) is 2.65. The van der Waals surface area contributed by atoms with Gasteiger partial charge in [0.15, 0.2) is 0 Å². The van der Waals surface area contributed by atoms with E-state index in [2.05, 4.69) is 5.32 Å². The zero-order valence-corrected chi connectivity index (χ0v) is 10.7. The van der Waals surface area contributed by atoms with E-state index in [9.17, 15) is 4.79 Å². The Labute approximate surface area is 91.0 Å². The quantitative estimate of drug-likeness (QED) is 0.793. The summed E-state index contributed by atoms with van der Waals surface area (Å²) in [5.74, 6) is 0.867. The van der Waals surface area contributed by atoms with Crippen LogP contribution in [0.4, 0.5) is 4.79 Å². The third-order valence-electron chi connectivity index (χ3n) is 1.34. The van der Waals surface area contributed by atoms with Gasteiger partial charge in [0.2, 0.25) is 0 Å². The molecule has 14 heavy (non-hydrogen) atoms. The van der Waals surface area contributed by atoms with E-state index in [0.717, 1.165) is 5.75 Å². The Morgan fingerprint density at radius 3 is 2.14 bits per heavy atom. The van der Waals surface area contributed by atoms with Crippen LogP contribution < -0.4 is 5.32 Å². The van der Waals surface area contributed by atoms with Gasteiger partial charge in [-0.25, -0.2) is 4.79 Å². The molecule has 0 saturated heterocycles. The Hall–Kier alpha value is -0.380. The number of rotatable bonds is 3. The van der Waals surface area contributed by atoms with Crippen LogP contribution in [0.2, 0.25) is 0 Å². The van der Waals surface area contributed by atoms with Crippen LogP contribution in [0, 0.1) is 0 Å². The van der Waals surface area contributed by atoms with E-state index < -0.39 is 5.60 Å². The average Bonchev–Trinajstić information content (AvgIpc) is 1.78. The number of carbonyl (C=O) groups is 1. The summed E-state index contributed by atoms with van der Waals surface area (Å²) in [7, 11) is 0. The van der Waals surface area contributed by atoms with Gasteiger partial charge in [0, 0.05) is 11.3 Å². The number of hydrogen-bond acceptors (Lipinski definition) is 3. The van der Waals surface area contributed by atoms with Crippen LogP contribution in [-0.2, 0) is 4.74 Å². The first-order valence-corrected chi connectivity index (χ1v) is 6.06. The molecule has 0 aliphatic carbocycles. The lowest BCUT2D eigenvalue weighted by molar-refractivity contribution is 0.0482. The SMILES string of the molecule is CSCC(C)(C)NC(=O)OC(C)(C)C. The molecule has 0 spiro atoms. The molecule has 0 bridgehead atoms. The first-order chi connectivity index (χ1) is 6.16. The molecule has 3 nitrogen and oxygen atoms in total. The van der Waals surface area contributed by atoms with Gasteiger partial charge >= 0.3 is 6.09 Å². The maximum atomic E-state index is 11.4. The van der Waals surface area contributed by atoms with Gasteiger partial charge in [-0.15, -0.1) is 0 Å². The van der Waals surface area contributed by atoms with Crippen molar-refractivity contribution >= 4 is 17.9 Å². The van der Waals surface area contributed by atoms with Gasteiger partial charge in [0.05, 0.1) is 0 Å². The van der Waals surface area contributed by atoms with Gasteiger partial charge in [0.1, 0.15) is 5.60 Å². The number of hydrogen-bond donors (Lipinski definition) is 1. The molecule has 1 amide bonds. The Balaban J connectivity index is 4.06. The van der Waals surface area contributed by atoms with Crippen LogP contribution >= 0.6 is 11.8 Å². The molecule has 0 saturated carbocycles. The van der Waals surface area contributed by atoms with Crippen molar-refractivity contribution in [2.75, 3.05) is 12.0 Å². The second-order valence-corrected chi connectivity index (χ2v) is 5.81. The minimum absolute atomic E-state index is 0.220. The van der Waals surface area contributed by atoms with Crippen molar-refractivity contribution in [1.29, 1.82) is 0 Å². The van der Waals surface area contributed by atoms with Crippen LogP contribution in [0.1, 0.15) is 34.6 Å². The smallest absolute Gasteiger partial charge is 0.408 e. The summed E-state index contributed by atoms with van der Waals surface area (Å²) in [5.41, 5.74) is -0.652. The van der Waals surface area contributed by atoms with Crippen LogP contribution in [0.15, 0.2) is 0 Å². The molecule has 0 aromatic carbocycles. The van der Waals surface area contributed by atoms with Crippen molar-refractivity contribution < 1.29 is 9.53 Å². The minimum Gasteiger partial charge on any atom is -0.444 e. The summed E-state index contributed by atoms with van der Waals surface area (Å²) in [6.45, 7) is 9.53. The summed E-state index contributed by atoms with van der Waals surface area (Å²) >= 11 is 1.70. The molecule has 0 radical (unpaired) electrons. The molecule has 0 atom stereocenters. The zero-order chi connectivity index (χ0) is 11.4. The lowest BCUT2D eigenvalue weighted by Crippen LogP contribution is -2.47. The normalized spacial score (nSPS) is 12.4. The van der Waals surface area contributed by atoms with E-state index in [1.54, 1.807) is 11.8 Å². The molecule has 0 aliphatic heterocycles. The van der Waals surface area contributed by atoms with Crippen molar-refractivity contribution in [3.05, 3.63) is 0 Å². The summed E-state index contributed by atoms with van der Waals surface area (Å²) < 4.78 is 5.16. The van der Waals surface area contributed by atoms with E-state index in [1.165, 1.54) is 0 Å². The van der Waals surface area contributed by atoms with Gasteiger partial charge in [0.25, 0.3) is 0 Å². The molecule has 0 rings (SSSR count). The molecule has 84 valence electrons. The second kappa shape index (κ2) is 4.91. The predicted molar refractivity (Wildman–Crippen MR) is 61.8 cm³/mol. The number of nitrogens with one attached hydrogen (secondary N) is 1. The molecule has 0 aromatic rings.